The van der Waals surface area contributed by atoms with E-state index in [1.54, 1.807) is 18.0 Å². The van der Waals surface area contributed by atoms with Crippen LogP contribution in [0.3, 0.4) is 0 Å². The lowest BCUT2D eigenvalue weighted by Gasteiger charge is -2.02. The zero-order valence-corrected chi connectivity index (χ0v) is 13.5. The number of aromatic nitrogens is 4. The van der Waals surface area contributed by atoms with Gasteiger partial charge in [-0.05, 0) is 31.9 Å². The van der Waals surface area contributed by atoms with Crippen molar-refractivity contribution in [3.63, 3.8) is 0 Å². The summed E-state index contributed by atoms with van der Waals surface area (Å²) in [6.45, 7) is 5.08. The maximum absolute atomic E-state index is 5.75. The minimum atomic E-state index is 0.592. The molecule has 0 aliphatic heterocycles. The Morgan fingerprint density at radius 2 is 2.14 bits per heavy atom. The molecule has 0 spiro atoms. The molecule has 0 N–H and O–H groups in total. The van der Waals surface area contributed by atoms with Crippen LogP contribution in [0.4, 0.5) is 0 Å². The normalized spacial score (nSPS) is 11.0. The van der Waals surface area contributed by atoms with Gasteiger partial charge in [-0.25, -0.2) is 4.98 Å². The van der Waals surface area contributed by atoms with Gasteiger partial charge in [-0.3, -0.25) is 0 Å². The number of aryl methyl sites for hydroxylation is 3. The molecule has 0 saturated heterocycles. The summed E-state index contributed by atoms with van der Waals surface area (Å²) in [6.07, 6.45) is 6.62. The van der Waals surface area contributed by atoms with Crippen LogP contribution in [-0.4, -0.2) is 25.5 Å². The Balaban J connectivity index is 1.57. The zero-order valence-electron chi connectivity index (χ0n) is 12.7. The molecule has 0 amide bonds. The van der Waals surface area contributed by atoms with E-state index in [1.165, 1.54) is 5.56 Å². The van der Waals surface area contributed by atoms with Crippen LogP contribution in [0, 0.1) is 13.8 Å². The van der Waals surface area contributed by atoms with Crippen molar-refractivity contribution in [1.82, 2.24) is 19.7 Å². The third-order valence-corrected chi connectivity index (χ3v) is 4.27. The molecule has 5 nitrogen and oxygen atoms in total. The highest BCUT2D eigenvalue weighted by Crippen LogP contribution is 2.26. The van der Waals surface area contributed by atoms with Crippen LogP contribution < -0.4 is 0 Å². The van der Waals surface area contributed by atoms with Crippen LogP contribution in [-0.2, 0) is 6.54 Å². The van der Waals surface area contributed by atoms with Crippen molar-refractivity contribution in [1.29, 1.82) is 0 Å². The fraction of sp³-hybridized carbons (Fsp3) is 0.312. The quantitative estimate of drug-likeness (QED) is 0.512. The lowest BCUT2D eigenvalue weighted by atomic mass is 10.1. The van der Waals surface area contributed by atoms with E-state index in [0.29, 0.717) is 11.1 Å². The highest BCUT2D eigenvalue weighted by molar-refractivity contribution is 7.99. The second-order valence-corrected chi connectivity index (χ2v) is 6.24. The molecule has 0 atom stereocenters. The fourth-order valence-electron chi connectivity index (χ4n) is 2.26. The van der Waals surface area contributed by atoms with Gasteiger partial charge in [0.1, 0.15) is 0 Å². The van der Waals surface area contributed by atoms with Gasteiger partial charge in [0.15, 0.2) is 0 Å². The van der Waals surface area contributed by atoms with E-state index in [4.69, 9.17) is 4.42 Å². The maximum Gasteiger partial charge on any atom is 0.276 e. The summed E-state index contributed by atoms with van der Waals surface area (Å²) >= 11 is 1.59. The standard InChI is InChI=1S/C16H18N4OS/c1-12-4-5-14(13(2)10-12)15-18-19-16(21-15)22-9-3-7-20-8-6-17-11-20/h4-6,8,10-11H,3,7,9H2,1-2H3. The lowest BCUT2D eigenvalue weighted by molar-refractivity contribution is 0.465. The van der Waals surface area contributed by atoms with E-state index in [9.17, 15) is 0 Å². The molecule has 2 heterocycles. The van der Waals surface area contributed by atoms with Crippen molar-refractivity contribution >= 4 is 11.8 Å². The topological polar surface area (TPSA) is 56.7 Å². The largest absolute Gasteiger partial charge is 0.411 e. The lowest BCUT2D eigenvalue weighted by Crippen LogP contribution is -1.95. The molecule has 0 unspecified atom stereocenters. The molecule has 0 fully saturated rings. The second kappa shape index (κ2) is 6.79. The summed E-state index contributed by atoms with van der Waals surface area (Å²) in [5.74, 6) is 1.53. The molecule has 114 valence electrons. The van der Waals surface area contributed by atoms with Crippen molar-refractivity contribution in [3.05, 3.63) is 48.0 Å². The van der Waals surface area contributed by atoms with Gasteiger partial charge in [0.2, 0.25) is 5.89 Å². The molecular formula is C16H18N4OS. The van der Waals surface area contributed by atoms with Crippen molar-refractivity contribution in [3.8, 4) is 11.5 Å². The van der Waals surface area contributed by atoms with Gasteiger partial charge in [0.05, 0.1) is 6.33 Å². The van der Waals surface area contributed by atoms with Crippen LogP contribution in [0.2, 0.25) is 0 Å². The summed E-state index contributed by atoms with van der Waals surface area (Å²) in [5, 5.41) is 8.90. The second-order valence-electron chi connectivity index (χ2n) is 5.19. The van der Waals surface area contributed by atoms with E-state index in [1.807, 2.05) is 18.6 Å². The number of benzene rings is 1. The minimum Gasteiger partial charge on any atom is -0.411 e. The molecule has 1 aromatic carbocycles. The summed E-state index contributed by atoms with van der Waals surface area (Å²) in [4.78, 5) is 4.03. The van der Waals surface area contributed by atoms with E-state index >= 15 is 0 Å². The van der Waals surface area contributed by atoms with Gasteiger partial charge < -0.3 is 8.98 Å². The molecule has 6 heteroatoms. The van der Waals surface area contributed by atoms with E-state index < -0.39 is 0 Å². The maximum atomic E-state index is 5.75. The number of thioether (sulfide) groups is 1. The molecular weight excluding hydrogens is 296 g/mol. The molecule has 0 saturated carbocycles. The molecule has 22 heavy (non-hydrogen) atoms. The van der Waals surface area contributed by atoms with Crippen molar-refractivity contribution in [2.24, 2.45) is 0 Å². The predicted octanol–water partition coefficient (Wildman–Crippen LogP) is 3.73. The highest BCUT2D eigenvalue weighted by atomic mass is 32.2. The molecule has 2 aromatic heterocycles. The SMILES string of the molecule is Cc1ccc(-c2nnc(SCCCn3ccnc3)o2)c(C)c1. The Labute approximate surface area is 133 Å². The summed E-state index contributed by atoms with van der Waals surface area (Å²) in [5.41, 5.74) is 3.39. The predicted molar refractivity (Wildman–Crippen MR) is 86.8 cm³/mol. The number of hydrogen-bond donors (Lipinski definition) is 0. The first-order chi connectivity index (χ1) is 10.7. The van der Waals surface area contributed by atoms with Crippen molar-refractivity contribution < 1.29 is 4.42 Å². The molecule has 3 rings (SSSR count). The van der Waals surface area contributed by atoms with Crippen LogP contribution in [0.15, 0.2) is 46.6 Å². The van der Waals surface area contributed by atoms with E-state index in [2.05, 4.69) is 45.7 Å². The molecule has 0 aliphatic rings. The zero-order chi connectivity index (χ0) is 15.4. The third-order valence-electron chi connectivity index (χ3n) is 3.36. The number of rotatable bonds is 6. The smallest absolute Gasteiger partial charge is 0.276 e. The monoisotopic (exact) mass is 314 g/mol. The Kier molecular flexibility index (Phi) is 4.58. The average molecular weight is 314 g/mol. The van der Waals surface area contributed by atoms with Gasteiger partial charge in [0.25, 0.3) is 5.22 Å². The van der Waals surface area contributed by atoms with Gasteiger partial charge in [-0.2, -0.15) is 0 Å². The molecule has 3 aromatic rings. The first-order valence-electron chi connectivity index (χ1n) is 7.22. The van der Waals surface area contributed by atoms with Gasteiger partial charge in [-0.15, -0.1) is 10.2 Å². The minimum absolute atomic E-state index is 0.592. The van der Waals surface area contributed by atoms with E-state index in [0.717, 1.165) is 29.8 Å². The Morgan fingerprint density at radius 3 is 2.91 bits per heavy atom. The van der Waals surface area contributed by atoms with Gasteiger partial charge >= 0.3 is 0 Å². The first-order valence-corrected chi connectivity index (χ1v) is 8.20. The molecule has 0 bridgehead atoms. The number of hydrogen-bond acceptors (Lipinski definition) is 5. The van der Waals surface area contributed by atoms with Crippen molar-refractivity contribution in [2.75, 3.05) is 5.75 Å². The first kappa shape index (κ1) is 14.8. The third kappa shape index (κ3) is 3.57. The fourth-order valence-corrected chi connectivity index (χ4v) is 2.94. The van der Waals surface area contributed by atoms with Gasteiger partial charge in [0, 0.05) is 30.3 Å². The average Bonchev–Trinajstić information content (AvgIpc) is 3.15. The van der Waals surface area contributed by atoms with Crippen LogP contribution in [0.25, 0.3) is 11.5 Å². The summed E-state index contributed by atoms with van der Waals surface area (Å²) in [6, 6.07) is 6.22. The summed E-state index contributed by atoms with van der Waals surface area (Å²) in [7, 11) is 0. The number of nitrogens with zero attached hydrogens (tertiary/aromatic N) is 4. The van der Waals surface area contributed by atoms with E-state index in [-0.39, 0.29) is 0 Å². The Hall–Kier alpha value is -2.08. The van der Waals surface area contributed by atoms with Gasteiger partial charge in [-0.1, -0.05) is 29.5 Å². The Morgan fingerprint density at radius 1 is 1.23 bits per heavy atom. The Bertz CT molecular complexity index is 736. The molecule has 0 radical (unpaired) electrons. The van der Waals surface area contributed by atoms with Crippen LogP contribution in [0.5, 0.6) is 0 Å². The summed E-state index contributed by atoms with van der Waals surface area (Å²) < 4.78 is 7.81. The molecule has 0 aliphatic carbocycles. The van der Waals surface area contributed by atoms with Crippen LogP contribution in [0.1, 0.15) is 17.5 Å². The van der Waals surface area contributed by atoms with Crippen LogP contribution >= 0.6 is 11.8 Å². The highest BCUT2D eigenvalue weighted by Gasteiger charge is 2.11. The van der Waals surface area contributed by atoms with Crippen molar-refractivity contribution in [2.45, 2.75) is 32.0 Å². The number of imidazole rings is 1.